The van der Waals surface area contributed by atoms with E-state index in [1.54, 1.807) is 35.8 Å². The third kappa shape index (κ3) is 4.00. The van der Waals surface area contributed by atoms with Crippen LogP contribution in [0.5, 0.6) is 0 Å². The summed E-state index contributed by atoms with van der Waals surface area (Å²) in [6.07, 6.45) is 3.04. The summed E-state index contributed by atoms with van der Waals surface area (Å²) in [6.45, 7) is 0. The van der Waals surface area contributed by atoms with Gasteiger partial charge >= 0.3 is 0 Å². The average Bonchev–Trinajstić information content (AvgIpc) is 3.31. The lowest BCUT2D eigenvalue weighted by Gasteiger charge is -1.99. The van der Waals surface area contributed by atoms with Gasteiger partial charge in [0.2, 0.25) is 0 Å². The quantitative estimate of drug-likeness (QED) is 0.306. The fourth-order valence-electron chi connectivity index (χ4n) is 2.10. The first-order chi connectivity index (χ1) is 12.6. The highest BCUT2D eigenvalue weighted by Crippen LogP contribution is 2.31. The molecule has 0 aliphatic carbocycles. The van der Waals surface area contributed by atoms with Gasteiger partial charge in [0.25, 0.3) is 11.6 Å². The van der Waals surface area contributed by atoms with Gasteiger partial charge in [-0.05, 0) is 23.8 Å². The topological polar surface area (TPSA) is 109 Å². The molecule has 7 nitrogen and oxygen atoms in total. The van der Waals surface area contributed by atoms with Gasteiger partial charge in [-0.2, -0.15) is 5.26 Å². The van der Waals surface area contributed by atoms with Crippen LogP contribution in [0.3, 0.4) is 0 Å². The molecular formula is C17H10N4O3S2. The van der Waals surface area contributed by atoms with Crippen LogP contribution < -0.4 is 5.32 Å². The number of nitrogens with zero attached hydrogens (tertiary/aromatic N) is 3. The SMILES string of the molecule is N#C/C(=C\c1ccc(-c2cccc([N+](=O)[O-])c2)s1)C(=O)Nc1nccs1. The zero-order valence-corrected chi connectivity index (χ0v) is 14.7. The van der Waals surface area contributed by atoms with Crippen LogP contribution in [0.2, 0.25) is 0 Å². The lowest BCUT2D eigenvalue weighted by Crippen LogP contribution is -2.12. The maximum Gasteiger partial charge on any atom is 0.270 e. The lowest BCUT2D eigenvalue weighted by molar-refractivity contribution is -0.384. The molecule has 1 aromatic carbocycles. The van der Waals surface area contributed by atoms with E-state index in [0.717, 1.165) is 4.88 Å². The van der Waals surface area contributed by atoms with Crippen LogP contribution in [0, 0.1) is 21.4 Å². The van der Waals surface area contributed by atoms with Crippen molar-refractivity contribution in [1.82, 2.24) is 4.98 Å². The number of nitro groups is 1. The Bertz CT molecular complexity index is 1030. The van der Waals surface area contributed by atoms with Crippen molar-refractivity contribution in [3.63, 3.8) is 0 Å². The molecule has 1 amide bonds. The fraction of sp³-hybridized carbons (Fsp3) is 0. The first-order valence-corrected chi connectivity index (χ1v) is 8.94. The Morgan fingerprint density at radius 1 is 1.35 bits per heavy atom. The Labute approximate surface area is 156 Å². The zero-order valence-electron chi connectivity index (χ0n) is 13.1. The lowest BCUT2D eigenvalue weighted by atomic mass is 10.1. The van der Waals surface area contributed by atoms with Gasteiger partial charge in [-0.15, -0.1) is 22.7 Å². The molecule has 1 N–H and O–H groups in total. The molecule has 2 aromatic heterocycles. The van der Waals surface area contributed by atoms with E-state index in [4.69, 9.17) is 0 Å². The molecule has 0 atom stereocenters. The van der Waals surface area contributed by atoms with Crippen molar-refractivity contribution in [1.29, 1.82) is 5.26 Å². The van der Waals surface area contributed by atoms with E-state index in [0.29, 0.717) is 15.6 Å². The van der Waals surface area contributed by atoms with Gasteiger partial charge in [-0.3, -0.25) is 20.2 Å². The number of thiophene rings is 1. The van der Waals surface area contributed by atoms with E-state index >= 15 is 0 Å². The van der Waals surface area contributed by atoms with E-state index < -0.39 is 10.8 Å². The highest BCUT2D eigenvalue weighted by Gasteiger charge is 2.12. The third-order valence-electron chi connectivity index (χ3n) is 3.27. The molecule has 3 aromatic rings. The minimum absolute atomic E-state index is 0.00790. The number of rotatable bonds is 5. The molecule has 2 heterocycles. The Balaban J connectivity index is 1.83. The van der Waals surface area contributed by atoms with Crippen molar-refractivity contribution in [2.24, 2.45) is 0 Å². The number of carbonyl (C=O) groups is 1. The second-order valence-electron chi connectivity index (χ2n) is 4.97. The molecule has 0 spiro atoms. The Kier molecular flexibility index (Phi) is 5.17. The third-order valence-corrected chi connectivity index (χ3v) is 5.04. The fourth-order valence-corrected chi connectivity index (χ4v) is 3.57. The van der Waals surface area contributed by atoms with Gasteiger partial charge < -0.3 is 0 Å². The number of non-ortho nitro benzene ring substituents is 1. The molecule has 26 heavy (non-hydrogen) atoms. The summed E-state index contributed by atoms with van der Waals surface area (Å²) < 4.78 is 0. The highest BCUT2D eigenvalue weighted by atomic mass is 32.1. The van der Waals surface area contributed by atoms with Crippen molar-refractivity contribution < 1.29 is 9.72 Å². The number of aromatic nitrogens is 1. The first-order valence-electron chi connectivity index (χ1n) is 7.24. The van der Waals surface area contributed by atoms with Crippen molar-refractivity contribution in [3.8, 4) is 16.5 Å². The smallest absolute Gasteiger partial charge is 0.270 e. The van der Waals surface area contributed by atoms with E-state index in [9.17, 15) is 20.2 Å². The van der Waals surface area contributed by atoms with Crippen molar-refractivity contribution in [2.45, 2.75) is 0 Å². The molecule has 0 radical (unpaired) electrons. The predicted octanol–water partition coefficient (Wildman–Crippen LogP) is 4.33. The summed E-state index contributed by atoms with van der Waals surface area (Å²) in [7, 11) is 0. The molecule has 3 rings (SSSR count). The molecule has 0 saturated heterocycles. The summed E-state index contributed by atoms with van der Waals surface area (Å²) >= 11 is 2.59. The largest absolute Gasteiger partial charge is 0.297 e. The van der Waals surface area contributed by atoms with Crippen molar-refractivity contribution >= 4 is 45.5 Å². The van der Waals surface area contributed by atoms with Gasteiger partial charge in [0.15, 0.2) is 5.13 Å². The maximum atomic E-state index is 12.1. The first kappa shape index (κ1) is 17.5. The normalized spacial score (nSPS) is 11.0. The van der Waals surface area contributed by atoms with E-state index in [-0.39, 0.29) is 11.3 Å². The number of anilines is 1. The molecule has 128 valence electrons. The Hall–Kier alpha value is -3.35. The number of hydrogen-bond donors (Lipinski definition) is 1. The number of amides is 1. The number of nitro benzene ring substituents is 1. The Morgan fingerprint density at radius 3 is 2.88 bits per heavy atom. The van der Waals surface area contributed by atoms with Crippen LogP contribution in [0.15, 0.2) is 53.5 Å². The van der Waals surface area contributed by atoms with Gasteiger partial charge in [-0.1, -0.05) is 12.1 Å². The molecule has 0 unspecified atom stereocenters. The maximum absolute atomic E-state index is 12.1. The number of thiazole rings is 1. The second-order valence-corrected chi connectivity index (χ2v) is 6.98. The van der Waals surface area contributed by atoms with E-state index in [1.807, 2.05) is 6.07 Å². The van der Waals surface area contributed by atoms with Crippen LogP contribution >= 0.6 is 22.7 Å². The minimum atomic E-state index is -0.534. The zero-order chi connectivity index (χ0) is 18.5. The summed E-state index contributed by atoms with van der Waals surface area (Å²) in [6, 6.07) is 11.7. The summed E-state index contributed by atoms with van der Waals surface area (Å²) in [5.74, 6) is -0.534. The van der Waals surface area contributed by atoms with Crippen LogP contribution in [-0.4, -0.2) is 15.8 Å². The highest BCUT2D eigenvalue weighted by molar-refractivity contribution is 7.16. The van der Waals surface area contributed by atoms with Gasteiger partial charge in [0.05, 0.1) is 4.92 Å². The van der Waals surface area contributed by atoms with Crippen LogP contribution in [-0.2, 0) is 4.79 Å². The molecular weight excluding hydrogens is 372 g/mol. The molecule has 0 saturated carbocycles. The number of nitrogens with one attached hydrogen (secondary N) is 1. The standard InChI is InChI=1S/C17H10N4O3S2/c18-10-12(16(22)20-17-19-6-7-25-17)9-14-4-5-15(26-14)11-2-1-3-13(8-11)21(23)24/h1-9H,(H,19,20,22)/b12-9+. The number of hydrogen-bond acceptors (Lipinski definition) is 7. The van der Waals surface area contributed by atoms with Crippen LogP contribution in [0.4, 0.5) is 10.8 Å². The second kappa shape index (κ2) is 7.69. The molecule has 0 aliphatic rings. The van der Waals surface area contributed by atoms with E-state index in [1.165, 1.54) is 40.9 Å². The average molecular weight is 382 g/mol. The van der Waals surface area contributed by atoms with Crippen molar-refractivity contribution in [3.05, 3.63) is 68.5 Å². The minimum Gasteiger partial charge on any atom is -0.297 e. The Morgan fingerprint density at radius 2 is 2.19 bits per heavy atom. The molecule has 0 bridgehead atoms. The van der Waals surface area contributed by atoms with Crippen molar-refractivity contribution in [2.75, 3.05) is 5.32 Å². The predicted molar refractivity (Wildman–Crippen MR) is 101 cm³/mol. The summed E-state index contributed by atoms with van der Waals surface area (Å²) in [5.41, 5.74) is 0.663. The number of benzene rings is 1. The summed E-state index contributed by atoms with van der Waals surface area (Å²) in [5, 5.41) is 24.8. The van der Waals surface area contributed by atoms with Gasteiger partial charge in [-0.25, -0.2) is 4.98 Å². The molecule has 0 aliphatic heterocycles. The monoisotopic (exact) mass is 382 g/mol. The van der Waals surface area contributed by atoms with Gasteiger partial charge in [0.1, 0.15) is 11.6 Å². The molecule has 0 fully saturated rings. The summed E-state index contributed by atoms with van der Waals surface area (Å²) in [4.78, 5) is 28.0. The van der Waals surface area contributed by atoms with Gasteiger partial charge in [0, 0.05) is 33.5 Å². The van der Waals surface area contributed by atoms with Crippen LogP contribution in [0.1, 0.15) is 4.88 Å². The number of carbonyl (C=O) groups excluding carboxylic acids is 1. The molecule has 9 heteroatoms. The number of nitriles is 1. The van der Waals surface area contributed by atoms with E-state index in [2.05, 4.69) is 10.3 Å². The van der Waals surface area contributed by atoms with Crippen LogP contribution in [0.25, 0.3) is 16.5 Å².